The first-order chi connectivity index (χ1) is 24.2. The van der Waals surface area contributed by atoms with Crippen LogP contribution in [0.4, 0.5) is 34.1 Å². The van der Waals surface area contributed by atoms with Crippen molar-refractivity contribution >= 4 is 100.0 Å². The Morgan fingerprint density at radius 2 is 1.43 bits per heavy atom. The molecule has 0 aliphatic rings. The van der Waals surface area contributed by atoms with Gasteiger partial charge in [-0.25, -0.2) is 10.5 Å². The molecule has 5 aromatic carbocycles. The Kier molecular flexibility index (Phi) is 11.4. The van der Waals surface area contributed by atoms with Crippen molar-refractivity contribution in [3.8, 4) is 5.75 Å². The lowest BCUT2D eigenvalue weighted by Crippen LogP contribution is -2.01. The van der Waals surface area contributed by atoms with Gasteiger partial charge in [0.05, 0.1) is 45.0 Å². The zero-order valence-corrected chi connectivity index (χ0v) is 29.0. The highest BCUT2D eigenvalue weighted by atomic mass is 32.2. The van der Waals surface area contributed by atoms with Crippen molar-refractivity contribution < 1.29 is 60.3 Å². The van der Waals surface area contributed by atoms with E-state index in [0.29, 0.717) is 40.1 Å². The third kappa shape index (κ3) is 8.04. The van der Waals surface area contributed by atoms with Gasteiger partial charge in [0.2, 0.25) is 0 Å². The van der Waals surface area contributed by atoms with Crippen LogP contribution in [0.1, 0.15) is 5.56 Å². The monoisotopic (exact) mass is 780 g/mol. The van der Waals surface area contributed by atoms with E-state index in [4.69, 9.17) is 16.2 Å². The summed E-state index contributed by atoms with van der Waals surface area (Å²) >= 11 is 0.982. The van der Waals surface area contributed by atoms with Crippen LogP contribution in [0.15, 0.2) is 101 Å². The highest BCUT2D eigenvalue weighted by Crippen LogP contribution is 2.50. The third-order valence-electron chi connectivity index (χ3n) is 7.14. The molecular weight excluding hydrogens is 757 g/mol. The van der Waals surface area contributed by atoms with Gasteiger partial charge >= 0.3 is 0 Å². The number of nitrogens with zero attached hydrogens (tertiary/aromatic N) is 4. The number of aromatic hydroxyl groups is 1. The lowest BCUT2D eigenvalue weighted by Gasteiger charge is -2.14. The molecule has 0 saturated carbocycles. The summed E-state index contributed by atoms with van der Waals surface area (Å²) < 4.78 is 78.0. The van der Waals surface area contributed by atoms with Crippen LogP contribution in [0.2, 0.25) is 0 Å². The molecule has 268 valence electrons. The maximum Gasteiger partial charge on any atom is 0.296 e. The molecule has 0 aliphatic heterocycles. The number of nitrogens with two attached hydrogens (primary N) is 1. The van der Waals surface area contributed by atoms with Crippen LogP contribution in [0.3, 0.4) is 0 Å². The van der Waals surface area contributed by atoms with Crippen molar-refractivity contribution in [3.63, 3.8) is 0 Å². The molecule has 0 aliphatic carbocycles. The molecule has 51 heavy (non-hydrogen) atoms. The van der Waals surface area contributed by atoms with Crippen LogP contribution in [0, 0.1) is 6.92 Å². The maximum atomic E-state index is 12.5. The molecule has 0 bridgehead atoms. The number of nitrogens with one attached hydrogen (secondary N) is 1. The number of hydrogen-bond donors (Lipinski definition) is 7. The Labute approximate surface area is 296 Å². The number of anilines is 2. The molecule has 0 spiro atoms. The first-order valence-corrected chi connectivity index (χ1v) is 18.1. The minimum absolute atomic E-state index is 0.0460. The van der Waals surface area contributed by atoms with Crippen molar-refractivity contribution in [2.24, 2.45) is 20.5 Å². The van der Waals surface area contributed by atoms with Gasteiger partial charge in [0, 0.05) is 18.1 Å². The zero-order chi connectivity index (χ0) is 37.1. The van der Waals surface area contributed by atoms with Gasteiger partial charge in [-0.15, -0.1) is 29.1 Å². The van der Waals surface area contributed by atoms with Gasteiger partial charge in [-0.05, 0) is 59.7 Å². The predicted molar refractivity (Wildman–Crippen MR) is 184 cm³/mol. The Morgan fingerprint density at radius 1 is 0.765 bits per heavy atom. The molecule has 0 heterocycles. The molecule has 5 rings (SSSR count). The van der Waals surface area contributed by atoms with Gasteiger partial charge in [-0.3, -0.25) is 9.11 Å². The molecular formula is C28H24N6O13S4. The molecule has 23 heteroatoms. The Morgan fingerprint density at radius 3 is 2.10 bits per heavy atom. The maximum absolute atomic E-state index is 12.5. The van der Waals surface area contributed by atoms with E-state index < -0.39 is 47.2 Å². The number of aryl methyl sites for hydroxylation is 1. The van der Waals surface area contributed by atoms with Crippen molar-refractivity contribution in [1.29, 1.82) is 0 Å². The van der Waals surface area contributed by atoms with Crippen LogP contribution < -0.4 is 11.1 Å². The molecule has 0 atom stereocenters. The number of fused-ring (bicyclic) bond motifs is 2. The fourth-order valence-corrected chi connectivity index (χ4v) is 7.22. The highest BCUT2D eigenvalue weighted by Gasteiger charge is 2.26. The van der Waals surface area contributed by atoms with Crippen molar-refractivity contribution in [1.82, 2.24) is 0 Å². The average Bonchev–Trinajstić information content (AvgIpc) is 3.08. The van der Waals surface area contributed by atoms with E-state index in [1.54, 1.807) is 24.3 Å². The minimum atomic E-state index is -5.16. The number of azo groups is 2. The first kappa shape index (κ1) is 37.7. The number of phenols is 1. The van der Waals surface area contributed by atoms with Crippen molar-refractivity contribution in [3.05, 3.63) is 66.2 Å². The van der Waals surface area contributed by atoms with E-state index in [2.05, 4.69) is 44.5 Å². The van der Waals surface area contributed by atoms with E-state index in [0.717, 1.165) is 29.1 Å². The average molecular weight is 781 g/mol. The number of benzene rings is 5. The zero-order valence-electron chi connectivity index (χ0n) is 25.8. The van der Waals surface area contributed by atoms with E-state index in [1.807, 2.05) is 13.0 Å². The third-order valence-corrected chi connectivity index (χ3v) is 10.3. The van der Waals surface area contributed by atoms with Crippen molar-refractivity contribution in [2.45, 2.75) is 26.5 Å². The Balaban J connectivity index is 1.75. The van der Waals surface area contributed by atoms with Crippen LogP contribution >= 0.6 is 24.1 Å². The molecule has 5 aromatic rings. The van der Waals surface area contributed by atoms with E-state index >= 15 is 0 Å². The topological polar surface area (TPSA) is 294 Å². The van der Waals surface area contributed by atoms with Crippen LogP contribution in [0.5, 0.6) is 5.75 Å². The lowest BCUT2D eigenvalue weighted by molar-refractivity contribution is -0.432. The van der Waals surface area contributed by atoms with Gasteiger partial charge in [-0.1, -0.05) is 34.3 Å². The number of nitrogen functional groups attached to an aromatic ring is 1. The van der Waals surface area contributed by atoms with Gasteiger partial charge in [0.1, 0.15) is 32.5 Å². The smallest absolute Gasteiger partial charge is 0.296 e. The van der Waals surface area contributed by atoms with Gasteiger partial charge in [0.15, 0.2) is 5.75 Å². The van der Waals surface area contributed by atoms with Crippen LogP contribution in [-0.2, 0) is 39.0 Å². The summed E-state index contributed by atoms with van der Waals surface area (Å²) in [5.74, 6) is -0.946. The van der Waals surface area contributed by atoms with Gasteiger partial charge in [-0.2, -0.15) is 16.8 Å². The number of phenolic OH excluding ortho intramolecular Hbond substituents is 1. The van der Waals surface area contributed by atoms with Gasteiger partial charge < -0.3 is 16.2 Å². The van der Waals surface area contributed by atoms with E-state index in [9.17, 15) is 31.0 Å². The van der Waals surface area contributed by atoms with Crippen molar-refractivity contribution in [2.75, 3.05) is 18.1 Å². The molecule has 0 radical (unpaired) electrons. The standard InChI is InChI=1S/C28H24N6O13S4/c1-13-4-3-5-17-16(13)7-8-18(28(17)49-47-45-37)31-33-25-20(48-46-44-36)10-14-11-22(51(41,42)43)26(27(35)23(14)24(25)29)34-32-19-12-15(30-2)6-9-21(19)50(38,39)40/h3-12,30,35-37H,29H2,1-2H3,(H,38,39,40)(H,41,42,43). The summed E-state index contributed by atoms with van der Waals surface area (Å²) in [6.07, 6.45) is 0. The minimum Gasteiger partial charge on any atom is -0.505 e. The number of hydrogen-bond acceptors (Lipinski definition) is 19. The molecule has 8 N–H and O–H groups in total. The summed E-state index contributed by atoms with van der Waals surface area (Å²) in [7, 11) is -8.50. The fraction of sp³-hybridized carbons (Fsp3) is 0.0714. The second-order valence-electron chi connectivity index (χ2n) is 10.1. The predicted octanol–water partition coefficient (Wildman–Crippen LogP) is 7.81. The van der Waals surface area contributed by atoms with E-state index in [1.165, 1.54) is 19.2 Å². The van der Waals surface area contributed by atoms with Crippen LogP contribution in [-0.4, -0.2) is 48.6 Å². The molecule has 0 amide bonds. The molecule has 0 aromatic heterocycles. The molecule has 0 fully saturated rings. The Hall–Kier alpha value is -4.50. The van der Waals surface area contributed by atoms with E-state index in [-0.39, 0.29) is 32.7 Å². The normalized spacial score (nSPS) is 12.5. The molecule has 19 nitrogen and oxygen atoms in total. The molecule has 0 unspecified atom stereocenters. The second-order valence-corrected chi connectivity index (χ2v) is 14.4. The summed E-state index contributed by atoms with van der Waals surface area (Å²) in [6.45, 7) is 1.88. The largest absolute Gasteiger partial charge is 0.505 e. The fourth-order valence-electron chi connectivity index (χ4n) is 4.89. The highest BCUT2D eigenvalue weighted by molar-refractivity contribution is 7.95. The summed E-state index contributed by atoms with van der Waals surface area (Å²) in [6, 6.07) is 14.3. The Bertz CT molecular complexity index is 2450. The second kappa shape index (κ2) is 15.4. The summed E-state index contributed by atoms with van der Waals surface area (Å²) in [5.41, 5.74) is 6.00. The SMILES string of the molecule is CNc1ccc(S(=O)(=O)O)c(N=Nc2c(S(=O)(=O)O)cc3cc(SOOO)c(N=Nc4ccc5c(C)cccc5c4SOOO)c(N)c3c2O)c1. The lowest BCUT2D eigenvalue weighted by atomic mass is 10.0. The quantitative estimate of drug-likeness (QED) is 0.0150. The summed E-state index contributed by atoms with van der Waals surface area (Å²) in [5, 5.41) is 56.3. The first-order valence-electron chi connectivity index (χ1n) is 13.7. The van der Waals surface area contributed by atoms with Gasteiger partial charge in [0.25, 0.3) is 20.2 Å². The van der Waals surface area contributed by atoms with Crippen LogP contribution in [0.25, 0.3) is 21.5 Å². The number of rotatable bonds is 13. The summed E-state index contributed by atoms with van der Waals surface area (Å²) in [4.78, 5) is -1.37. The molecule has 0 saturated heterocycles.